The Morgan fingerprint density at radius 2 is 1.79 bits per heavy atom. The van der Waals surface area contributed by atoms with E-state index in [1.54, 1.807) is 0 Å². The number of aromatic nitrogens is 1. The highest BCUT2D eigenvalue weighted by atomic mass is 16.2. The van der Waals surface area contributed by atoms with Gasteiger partial charge in [-0.05, 0) is 24.8 Å². The molecule has 176 valence electrons. The second-order valence-corrected chi connectivity index (χ2v) is 9.40. The van der Waals surface area contributed by atoms with E-state index in [1.807, 2.05) is 59.5 Å². The van der Waals surface area contributed by atoms with Gasteiger partial charge in [-0.15, -0.1) is 0 Å². The third kappa shape index (κ3) is 4.82. The number of carbonyl (C=O) groups is 2. The van der Waals surface area contributed by atoms with E-state index in [1.165, 1.54) is 32.1 Å². The normalized spacial score (nSPS) is 17.2. The van der Waals surface area contributed by atoms with Gasteiger partial charge in [-0.2, -0.15) is 0 Å². The standard InChI is InChI=1S/C28H32N4O2/c33-25-18-29-15-16-32(25)19-23-26(28(34)30-17-20-9-3-1-4-10-20)22-13-7-8-14-24(22)31-27(23)21-11-5-2-6-12-21/h2,5-8,11-14,20,29H,1,3-4,9-10,15-19H2,(H,30,34). The van der Waals surface area contributed by atoms with Gasteiger partial charge in [0.25, 0.3) is 5.91 Å². The lowest BCUT2D eigenvalue weighted by atomic mass is 9.89. The topological polar surface area (TPSA) is 74.3 Å². The second-order valence-electron chi connectivity index (χ2n) is 9.40. The molecule has 3 aromatic rings. The molecule has 1 saturated heterocycles. The van der Waals surface area contributed by atoms with Gasteiger partial charge in [0.1, 0.15) is 0 Å². The molecule has 34 heavy (non-hydrogen) atoms. The van der Waals surface area contributed by atoms with Gasteiger partial charge in [-0.3, -0.25) is 9.59 Å². The van der Waals surface area contributed by atoms with Gasteiger partial charge >= 0.3 is 0 Å². The van der Waals surface area contributed by atoms with Crippen LogP contribution < -0.4 is 10.6 Å². The zero-order valence-electron chi connectivity index (χ0n) is 19.6. The van der Waals surface area contributed by atoms with E-state index in [2.05, 4.69) is 10.6 Å². The highest BCUT2D eigenvalue weighted by Gasteiger charge is 2.26. The summed E-state index contributed by atoms with van der Waals surface area (Å²) in [5.41, 5.74) is 3.98. The smallest absolute Gasteiger partial charge is 0.252 e. The Labute approximate surface area is 200 Å². The average Bonchev–Trinajstić information content (AvgIpc) is 2.89. The van der Waals surface area contributed by atoms with Crippen LogP contribution in [0.4, 0.5) is 0 Å². The predicted molar refractivity (Wildman–Crippen MR) is 134 cm³/mol. The molecule has 1 aromatic heterocycles. The van der Waals surface area contributed by atoms with Gasteiger partial charge in [0.15, 0.2) is 0 Å². The van der Waals surface area contributed by atoms with Gasteiger partial charge in [0.2, 0.25) is 5.91 Å². The van der Waals surface area contributed by atoms with Crippen molar-refractivity contribution >= 4 is 22.7 Å². The van der Waals surface area contributed by atoms with Crippen molar-refractivity contribution in [2.75, 3.05) is 26.2 Å². The monoisotopic (exact) mass is 456 g/mol. The van der Waals surface area contributed by atoms with E-state index < -0.39 is 0 Å². The maximum absolute atomic E-state index is 13.8. The number of carbonyl (C=O) groups excluding carboxylic acids is 2. The van der Waals surface area contributed by atoms with Crippen LogP contribution in [0.2, 0.25) is 0 Å². The molecule has 0 radical (unpaired) electrons. The summed E-state index contributed by atoms with van der Waals surface area (Å²) >= 11 is 0. The fourth-order valence-corrected chi connectivity index (χ4v) is 5.22. The maximum Gasteiger partial charge on any atom is 0.252 e. The largest absolute Gasteiger partial charge is 0.352 e. The van der Waals surface area contributed by atoms with Crippen LogP contribution in [0.15, 0.2) is 54.6 Å². The molecule has 2 heterocycles. The fraction of sp³-hybridized carbons (Fsp3) is 0.393. The highest BCUT2D eigenvalue weighted by Crippen LogP contribution is 2.32. The number of piperazine rings is 1. The molecular weight excluding hydrogens is 424 g/mol. The molecule has 0 unspecified atom stereocenters. The number of nitrogens with zero attached hydrogens (tertiary/aromatic N) is 2. The summed E-state index contributed by atoms with van der Waals surface area (Å²) in [6.07, 6.45) is 6.13. The molecule has 6 nitrogen and oxygen atoms in total. The summed E-state index contributed by atoms with van der Waals surface area (Å²) < 4.78 is 0. The number of pyridine rings is 1. The minimum absolute atomic E-state index is 0.0481. The summed E-state index contributed by atoms with van der Waals surface area (Å²) in [6, 6.07) is 17.8. The number of benzene rings is 2. The van der Waals surface area contributed by atoms with E-state index in [0.717, 1.165) is 34.3 Å². The van der Waals surface area contributed by atoms with E-state index in [-0.39, 0.29) is 11.8 Å². The fourth-order valence-electron chi connectivity index (χ4n) is 5.22. The zero-order valence-corrected chi connectivity index (χ0v) is 19.6. The van der Waals surface area contributed by atoms with Gasteiger partial charge in [0.05, 0.1) is 23.3 Å². The van der Waals surface area contributed by atoms with Crippen molar-refractivity contribution < 1.29 is 9.59 Å². The molecule has 1 saturated carbocycles. The van der Waals surface area contributed by atoms with E-state index in [9.17, 15) is 9.59 Å². The number of nitrogens with one attached hydrogen (secondary N) is 2. The third-order valence-corrected chi connectivity index (χ3v) is 7.08. The van der Waals surface area contributed by atoms with Gasteiger partial charge in [-0.25, -0.2) is 4.98 Å². The molecule has 1 aliphatic heterocycles. The lowest BCUT2D eigenvalue weighted by Gasteiger charge is -2.29. The highest BCUT2D eigenvalue weighted by molar-refractivity contribution is 6.09. The van der Waals surface area contributed by atoms with Crippen molar-refractivity contribution in [1.29, 1.82) is 0 Å². The lowest BCUT2D eigenvalue weighted by Crippen LogP contribution is -2.47. The number of para-hydroxylation sites is 1. The van der Waals surface area contributed by atoms with Gasteiger partial charge < -0.3 is 15.5 Å². The van der Waals surface area contributed by atoms with Crippen LogP contribution in [0.5, 0.6) is 0 Å². The van der Waals surface area contributed by atoms with E-state index >= 15 is 0 Å². The summed E-state index contributed by atoms with van der Waals surface area (Å²) in [4.78, 5) is 33.3. The zero-order chi connectivity index (χ0) is 23.3. The first kappa shape index (κ1) is 22.5. The molecule has 0 bridgehead atoms. The molecule has 2 N–H and O–H groups in total. The maximum atomic E-state index is 13.8. The minimum Gasteiger partial charge on any atom is -0.352 e. The number of rotatable bonds is 6. The van der Waals surface area contributed by atoms with Crippen LogP contribution in [0, 0.1) is 5.92 Å². The molecule has 6 heteroatoms. The molecule has 2 fully saturated rings. The van der Waals surface area contributed by atoms with Gasteiger partial charge in [-0.1, -0.05) is 67.8 Å². The molecule has 0 spiro atoms. The molecule has 2 aromatic carbocycles. The number of fused-ring (bicyclic) bond motifs is 1. The summed E-state index contributed by atoms with van der Waals surface area (Å²) in [5.74, 6) is 0.517. The Morgan fingerprint density at radius 3 is 2.59 bits per heavy atom. The van der Waals surface area contributed by atoms with Crippen molar-refractivity contribution in [2.24, 2.45) is 5.92 Å². The first-order valence-corrected chi connectivity index (χ1v) is 12.4. The Kier molecular flexibility index (Phi) is 6.86. The number of amides is 2. The molecule has 5 rings (SSSR count). The van der Waals surface area contributed by atoms with Crippen LogP contribution in [0.1, 0.15) is 48.0 Å². The first-order valence-electron chi connectivity index (χ1n) is 12.4. The van der Waals surface area contributed by atoms with Gasteiger partial charge in [0, 0.05) is 42.7 Å². The van der Waals surface area contributed by atoms with Crippen LogP contribution in [-0.4, -0.2) is 47.9 Å². The molecule has 0 atom stereocenters. The van der Waals surface area contributed by atoms with Crippen LogP contribution in [0.3, 0.4) is 0 Å². The number of hydrogen-bond acceptors (Lipinski definition) is 4. The van der Waals surface area contributed by atoms with Crippen LogP contribution in [0.25, 0.3) is 22.2 Å². The first-order chi connectivity index (χ1) is 16.7. The van der Waals surface area contributed by atoms with Crippen molar-refractivity contribution in [1.82, 2.24) is 20.5 Å². The molecule has 2 amide bonds. The average molecular weight is 457 g/mol. The summed E-state index contributed by atoms with van der Waals surface area (Å²) in [5, 5.41) is 7.21. The summed E-state index contributed by atoms with van der Waals surface area (Å²) in [6.45, 7) is 2.75. The number of hydrogen-bond donors (Lipinski definition) is 2. The quantitative estimate of drug-likeness (QED) is 0.585. The summed E-state index contributed by atoms with van der Waals surface area (Å²) in [7, 11) is 0. The van der Waals surface area contributed by atoms with E-state index in [4.69, 9.17) is 4.98 Å². The SMILES string of the molecule is O=C(NCC1CCCCC1)c1c(CN2CCNCC2=O)c(-c2ccccc2)nc2ccccc12. The van der Waals surface area contributed by atoms with Crippen LogP contribution in [-0.2, 0) is 11.3 Å². The Balaban J connectivity index is 1.60. The van der Waals surface area contributed by atoms with Crippen molar-refractivity contribution in [3.63, 3.8) is 0 Å². The molecule has 2 aliphatic rings. The van der Waals surface area contributed by atoms with Crippen LogP contribution >= 0.6 is 0 Å². The minimum atomic E-state index is -0.0704. The Morgan fingerprint density at radius 1 is 1.03 bits per heavy atom. The van der Waals surface area contributed by atoms with Crippen molar-refractivity contribution in [3.8, 4) is 11.3 Å². The second kappa shape index (κ2) is 10.3. The van der Waals surface area contributed by atoms with Crippen molar-refractivity contribution in [2.45, 2.75) is 38.6 Å². The molecule has 1 aliphatic carbocycles. The molecular formula is C28H32N4O2. The third-order valence-electron chi connectivity index (χ3n) is 7.08. The van der Waals surface area contributed by atoms with E-state index in [0.29, 0.717) is 37.7 Å². The lowest BCUT2D eigenvalue weighted by molar-refractivity contribution is -0.132. The Hall–Kier alpha value is -3.25. The predicted octanol–water partition coefficient (Wildman–Crippen LogP) is 4.14. The Bertz CT molecular complexity index is 1170. The van der Waals surface area contributed by atoms with Crippen molar-refractivity contribution in [3.05, 3.63) is 65.7 Å².